The van der Waals surface area contributed by atoms with Gasteiger partial charge in [0.25, 0.3) is 0 Å². The van der Waals surface area contributed by atoms with Gasteiger partial charge in [-0.15, -0.1) is 0 Å². The predicted octanol–water partition coefficient (Wildman–Crippen LogP) is 3.91. The zero-order chi connectivity index (χ0) is 13.4. The van der Waals surface area contributed by atoms with Crippen molar-refractivity contribution < 1.29 is 0 Å². The van der Waals surface area contributed by atoms with Gasteiger partial charge in [-0.25, -0.2) is 0 Å². The Morgan fingerprint density at radius 3 is 2.61 bits per heavy atom. The van der Waals surface area contributed by atoms with Crippen molar-refractivity contribution in [1.29, 1.82) is 0 Å². The minimum atomic E-state index is 0.552. The Labute approximate surface area is 112 Å². The van der Waals surface area contributed by atoms with Crippen LogP contribution in [0.1, 0.15) is 71.5 Å². The van der Waals surface area contributed by atoms with E-state index in [4.69, 9.17) is 0 Å². The molecule has 0 aliphatic heterocycles. The van der Waals surface area contributed by atoms with E-state index in [0.29, 0.717) is 12.1 Å². The zero-order valence-corrected chi connectivity index (χ0v) is 12.4. The number of nitrogens with one attached hydrogen (secondary N) is 1. The highest BCUT2D eigenvalue weighted by Crippen LogP contribution is 2.14. The molecule has 0 bridgehead atoms. The summed E-state index contributed by atoms with van der Waals surface area (Å²) in [6, 6.07) is 3.28. The Morgan fingerprint density at radius 2 is 2.00 bits per heavy atom. The molecule has 1 rings (SSSR count). The molecule has 0 amide bonds. The molecule has 1 atom stereocenters. The summed E-state index contributed by atoms with van der Waals surface area (Å²) in [6.07, 6.45) is 8.25. The molecular formula is C15H29N3. The van der Waals surface area contributed by atoms with Crippen LogP contribution in [0.5, 0.6) is 0 Å². The first kappa shape index (κ1) is 15.2. The molecule has 1 unspecified atom stereocenters. The lowest BCUT2D eigenvalue weighted by Crippen LogP contribution is -2.25. The van der Waals surface area contributed by atoms with Crippen molar-refractivity contribution in [3.05, 3.63) is 18.0 Å². The second kappa shape index (κ2) is 8.30. The zero-order valence-electron chi connectivity index (χ0n) is 12.4. The standard InChI is InChI=1S/C15H29N3/c1-5-8-9-13(4)16-12-14-10-11-18(17-14)15(6-2)7-3/h10-11,13,15-16H,5-9,12H2,1-4H3. The summed E-state index contributed by atoms with van der Waals surface area (Å²) in [6.45, 7) is 9.83. The fourth-order valence-electron chi connectivity index (χ4n) is 2.23. The number of rotatable bonds is 9. The highest BCUT2D eigenvalue weighted by Gasteiger charge is 2.08. The third-order valence-corrected chi connectivity index (χ3v) is 3.60. The highest BCUT2D eigenvalue weighted by molar-refractivity contribution is 4.99. The van der Waals surface area contributed by atoms with Crippen LogP contribution in [0.25, 0.3) is 0 Å². The van der Waals surface area contributed by atoms with E-state index in [1.807, 2.05) is 0 Å². The Bertz CT molecular complexity index is 315. The third kappa shape index (κ3) is 4.81. The SMILES string of the molecule is CCCCC(C)NCc1ccn(C(CC)CC)n1. The molecule has 0 spiro atoms. The van der Waals surface area contributed by atoms with Crippen LogP contribution >= 0.6 is 0 Å². The molecule has 0 saturated carbocycles. The minimum absolute atomic E-state index is 0.552. The largest absolute Gasteiger partial charge is 0.309 e. The molecule has 0 aliphatic rings. The van der Waals surface area contributed by atoms with Crippen LogP contribution in [-0.4, -0.2) is 15.8 Å². The number of unbranched alkanes of at least 4 members (excludes halogenated alkanes) is 1. The summed E-state index contributed by atoms with van der Waals surface area (Å²) < 4.78 is 2.12. The smallest absolute Gasteiger partial charge is 0.0762 e. The van der Waals surface area contributed by atoms with Crippen LogP contribution < -0.4 is 5.32 Å². The first-order chi connectivity index (χ1) is 8.71. The maximum Gasteiger partial charge on any atom is 0.0762 e. The van der Waals surface area contributed by atoms with Gasteiger partial charge in [-0.2, -0.15) is 5.10 Å². The topological polar surface area (TPSA) is 29.9 Å². The Kier molecular flexibility index (Phi) is 7.02. The van der Waals surface area contributed by atoms with Gasteiger partial charge in [-0.05, 0) is 32.3 Å². The molecule has 1 heterocycles. The van der Waals surface area contributed by atoms with Crippen LogP contribution in [0.3, 0.4) is 0 Å². The first-order valence-electron chi connectivity index (χ1n) is 7.48. The maximum absolute atomic E-state index is 4.66. The minimum Gasteiger partial charge on any atom is -0.309 e. The van der Waals surface area contributed by atoms with Gasteiger partial charge in [0.15, 0.2) is 0 Å². The van der Waals surface area contributed by atoms with E-state index in [-0.39, 0.29) is 0 Å². The summed E-state index contributed by atoms with van der Waals surface area (Å²) in [4.78, 5) is 0. The molecule has 18 heavy (non-hydrogen) atoms. The Hall–Kier alpha value is -0.830. The monoisotopic (exact) mass is 251 g/mol. The van der Waals surface area contributed by atoms with Crippen molar-refractivity contribution in [1.82, 2.24) is 15.1 Å². The van der Waals surface area contributed by atoms with Gasteiger partial charge in [0, 0.05) is 18.8 Å². The molecule has 1 N–H and O–H groups in total. The van der Waals surface area contributed by atoms with Gasteiger partial charge in [0.05, 0.1) is 11.7 Å². The average molecular weight is 251 g/mol. The van der Waals surface area contributed by atoms with Gasteiger partial charge >= 0.3 is 0 Å². The molecule has 0 aromatic carbocycles. The predicted molar refractivity (Wildman–Crippen MR) is 77.7 cm³/mol. The van der Waals surface area contributed by atoms with E-state index in [0.717, 1.165) is 25.1 Å². The maximum atomic E-state index is 4.66. The quantitative estimate of drug-likeness (QED) is 0.721. The second-order valence-electron chi connectivity index (χ2n) is 5.18. The third-order valence-electron chi connectivity index (χ3n) is 3.60. The number of aromatic nitrogens is 2. The van der Waals surface area contributed by atoms with Crippen molar-refractivity contribution in [2.75, 3.05) is 0 Å². The van der Waals surface area contributed by atoms with Crippen LogP contribution in [0.2, 0.25) is 0 Å². The molecule has 0 radical (unpaired) electrons. The van der Waals surface area contributed by atoms with Crippen molar-refractivity contribution in [2.45, 2.75) is 78.4 Å². The van der Waals surface area contributed by atoms with Crippen LogP contribution in [0.4, 0.5) is 0 Å². The molecular weight excluding hydrogens is 222 g/mol. The molecule has 3 heteroatoms. The van der Waals surface area contributed by atoms with Crippen molar-refractivity contribution in [3.63, 3.8) is 0 Å². The molecule has 1 aromatic rings. The second-order valence-corrected chi connectivity index (χ2v) is 5.18. The summed E-state index contributed by atoms with van der Waals surface area (Å²) in [5.74, 6) is 0. The van der Waals surface area contributed by atoms with Crippen molar-refractivity contribution in [2.24, 2.45) is 0 Å². The molecule has 1 aromatic heterocycles. The van der Waals surface area contributed by atoms with Gasteiger partial charge in [-0.3, -0.25) is 4.68 Å². The van der Waals surface area contributed by atoms with E-state index < -0.39 is 0 Å². The van der Waals surface area contributed by atoms with E-state index in [2.05, 4.69) is 55.1 Å². The lowest BCUT2D eigenvalue weighted by atomic mass is 10.1. The number of hydrogen-bond acceptors (Lipinski definition) is 2. The van der Waals surface area contributed by atoms with Gasteiger partial charge in [0.1, 0.15) is 0 Å². The number of nitrogens with zero attached hydrogens (tertiary/aromatic N) is 2. The summed E-state index contributed by atoms with van der Waals surface area (Å²) in [5.41, 5.74) is 1.16. The Balaban J connectivity index is 2.39. The molecule has 0 aliphatic carbocycles. The van der Waals surface area contributed by atoms with Crippen LogP contribution in [0, 0.1) is 0 Å². The lowest BCUT2D eigenvalue weighted by Gasteiger charge is -2.13. The van der Waals surface area contributed by atoms with Crippen LogP contribution in [0.15, 0.2) is 12.3 Å². The van der Waals surface area contributed by atoms with Gasteiger partial charge in [0.2, 0.25) is 0 Å². The molecule has 104 valence electrons. The summed E-state index contributed by atoms with van der Waals surface area (Å²) in [5, 5.41) is 8.20. The molecule has 0 saturated heterocycles. The average Bonchev–Trinajstić information content (AvgIpc) is 2.84. The van der Waals surface area contributed by atoms with E-state index >= 15 is 0 Å². The number of hydrogen-bond donors (Lipinski definition) is 1. The van der Waals surface area contributed by atoms with Gasteiger partial charge in [-0.1, -0.05) is 33.6 Å². The van der Waals surface area contributed by atoms with Crippen LogP contribution in [-0.2, 0) is 6.54 Å². The molecule has 3 nitrogen and oxygen atoms in total. The van der Waals surface area contributed by atoms with Gasteiger partial charge < -0.3 is 5.32 Å². The summed E-state index contributed by atoms with van der Waals surface area (Å²) in [7, 11) is 0. The fraction of sp³-hybridized carbons (Fsp3) is 0.800. The first-order valence-corrected chi connectivity index (χ1v) is 7.48. The van der Waals surface area contributed by atoms with E-state index in [1.54, 1.807) is 0 Å². The molecule has 0 fully saturated rings. The lowest BCUT2D eigenvalue weighted by molar-refractivity contribution is 0.421. The normalized spacial score (nSPS) is 13.2. The van der Waals surface area contributed by atoms with Crippen molar-refractivity contribution in [3.8, 4) is 0 Å². The summed E-state index contributed by atoms with van der Waals surface area (Å²) >= 11 is 0. The van der Waals surface area contributed by atoms with Crippen molar-refractivity contribution >= 4 is 0 Å². The highest BCUT2D eigenvalue weighted by atomic mass is 15.3. The fourth-order valence-corrected chi connectivity index (χ4v) is 2.23. The Morgan fingerprint density at radius 1 is 1.28 bits per heavy atom. The van der Waals surface area contributed by atoms with E-state index in [9.17, 15) is 0 Å². The van der Waals surface area contributed by atoms with E-state index in [1.165, 1.54) is 19.3 Å².